The summed E-state index contributed by atoms with van der Waals surface area (Å²) < 4.78 is 0. The van der Waals surface area contributed by atoms with Crippen LogP contribution in [-0.2, 0) is 0 Å². The normalized spacial score (nSPS) is 25.9. The Bertz CT molecular complexity index is 481. The average molecular weight is 272 g/mol. The van der Waals surface area contributed by atoms with E-state index in [2.05, 4.69) is 36.2 Å². The van der Waals surface area contributed by atoms with Crippen molar-refractivity contribution in [1.82, 2.24) is 10.2 Å². The van der Waals surface area contributed by atoms with Crippen LogP contribution in [0.1, 0.15) is 54.9 Å². The Morgan fingerprint density at radius 2 is 2.00 bits per heavy atom. The fourth-order valence-electron chi connectivity index (χ4n) is 3.60. The lowest BCUT2D eigenvalue weighted by molar-refractivity contribution is 0.0625. The molecule has 1 spiro atoms. The van der Waals surface area contributed by atoms with Crippen LogP contribution in [-0.4, -0.2) is 36.0 Å². The van der Waals surface area contributed by atoms with Crippen molar-refractivity contribution in [2.45, 2.75) is 44.6 Å². The highest BCUT2D eigenvalue weighted by atomic mass is 16.2. The monoisotopic (exact) mass is 272 g/mol. The number of carbonyl (C=O) groups excluding carboxylic acids is 1. The van der Waals surface area contributed by atoms with Crippen molar-refractivity contribution in [2.75, 3.05) is 19.6 Å². The quantitative estimate of drug-likeness (QED) is 0.898. The van der Waals surface area contributed by atoms with E-state index in [9.17, 15) is 4.79 Å². The van der Waals surface area contributed by atoms with E-state index in [0.29, 0.717) is 5.92 Å². The van der Waals surface area contributed by atoms with Gasteiger partial charge >= 0.3 is 0 Å². The van der Waals surface area contributed by atoms with E-state index >= 15 is 0 Å². The second-order valence-electron chi connectivity index (χ2n) is 6.49. The van der Waals surface area contributed by atoms with Crippen LogP contribution in [0.25, 0.3) is 0 Å². The van der Waals surface area contributed by atoms with Gasteiger partial charge in [-0.15, -0.1) is 0 Å². The van der Waals surface area contributed by atoms with Crippen LogP contribution >= 0.6 is 0 Å². The molecule has 1 atom stereocenters. The lowest BCUT2D eigenvalue weighted by Crippen LogP contribution is -2.48. The van der Waals surface area contributed by atoms with Gasteiger partial charge in [0.05, 0.1) is 5.54 Å². The highest BCUT2D eigenvalue weighted by Crippen LogP contribution is 2.35. The molecule has 1 aromatic carbocycles. The highest BCUT2D eigenvalue weighted by molar-refractivity contribution is 5.95. The van der Waals surface area contributed by atoms with Crippen molar-refractivity contribution in [3.63, 3.8) is 0 Å². The molecular weight excluding hydrogens is 248 g/mol. The molecule has 3 rings (SSSR count). The number of benzene rings is 1. The second kappa shape index (κ2) is 5.21. The molecule has 0 aromatic heterocycles. The lowest BCUT2D eigenvalue weighted by atomic mass is 9.94. The number of hydrogen-bond acceptors (Lipinski definition) is 2. The zero-order valence-electron chi connectivity index (χ0n) is 12.5. The molecule has 20 heavy (non-hydrogen) atoms. The summed E-state index contributed by atoms with van der Waals surface area (Å²) in [5, 5.41) is 3.42. The molecule has 1 aromatic rings. The number of nitrogens with zero attached hydrogens (tertiary/aromatic N) is 1. The Morgan fingerprint density at radius 1 is 1.25 bits per heavy atom. The number of hydrogen-bond donors (Lipinski definition) is 1. The summed E-state index contributed by atoms with van der Waals surface area (Å²) in [6, 6.07) is 8.17. The van der Waals surface area contributed by atoms with E-state index in [1.807, 2.05) is 12.1 Å². The van der Waals surface area contributed by atoms with Crippen molar-refractivity contribution in [1.29, 1.82) is 0 Å². The predicted octanol–water partition coefficient (Wildman–Crippen LogP) is 2.78. The Kier molecular flexibility index (Phi) is 3.55. The zero-order valence-corrected chi connectivity index (χ0v) is 12.5. The molecule has 3 nitrogen and oxygen atoms in total. The summed E-state index contributed by atoms with van der Waals surface area (Å²) >= 11 is 0. The molecule has 3 heteroatoms. The molecule has 1 N–H and O–H groups in total. The summed E-state index contributed by atoms with van der Waals surface area (Å²) in [5.41, 5.74) is 2.22. The molecule has 2 aliphatic heterocycles. The molecular formula is C17H24N2O. The largest absolute Gasteiger partial charge is 0.332 e. The van der Waals surface area contributed by atoms with E-state index < -0.39 is 0 Å². The van der Waals surface area contributed by atoms with Crippen molar-refractivity contribution in [3.8, 4) is 0 Å². The van der Waals surface area contributed by atoms with Gasteiger partial charge in [-0.2, -0.15) is 0 Å². The molecule has 0 bridgehead atoms. The minimum absolute atomic E-state index is 0.0911. The van der Waals surface area contributed by atoms with Gasteiger partial charge in [0.15, 0.2) is 0 Å². The van der Waals surface area contributed by atoms with E-state index in [1.54, 1.807) is 0 Å². The molecule has 108 valence electrons. The van der Waals surface area contributed by atoms with Gasteiger partial charge in [-0.3, -0.25) is 4.79 Å². The second-order valence-corrected chi connectivity index (χ2v) is 6.49. The molecule has 0 aliphatic carbocycles. The van der Waals surface area contributed by atoms with Crippen molar-refractivity contribution >= 4 is 5.91 Å². The minimum Gasteiger partial charge on any atom is -0.332 e. The van der Waals surface area contributed by atoms with E-state index in [0.717, 1.165) is 44.5 Å². The maximum atomic E-state index is 12.8. The van der Waals surface area contributed by atoms with Gasteiger partial charge in [0.1, 0.15) is 0 Å². The van der Waals surface area contributed by atoms with Crippen LogP contribution < -0.4 is 5.32 Å². The maximum absolute atomic E-state index is 12.8. The van der Waals surface area contributed by atoms with Gasteiger partial charge in [-0.1, -0.05) is 26.0 Å². The molecule has 2 saturated heterocycles. The third-order valence-electron chi connectivity index (χ3n) is 4.89. The molecule has 2 fully saturated rings. The van der Waals surface area contributed by atoms with Gasteiger partial charge < -0.3 is 10.2 Å². The minimum atomic E-state index is 0.0911. The summed E-state index contributed by atoms with van der Waals surface area (Å²) in [5.74, 6) is 0.720. The van der Waals surface area contributed by atoms with Gasteiger partial charge in [0, 0.05) is 18.7 Å². The Labute approximate surface area is 121 Å². The Morgan fingerprint density at radius 3 is 2.60 bits per heavy atom. The molecule has 1 amide bonds. The average Bonchev–Trinajstić information content (AvgIpc) is 3.09. The highest BCUT2D eigenvalue weighted by Gasteiger charge is 2.45. The zero-order chi connectivity index (χ0) is 14.2. The fraction of sp³-hybridized carbons (Fsp3) is 0.588. The number of likely N-dealkylation sites (tertiary alicyclic amines) is 1. The van der Waals surface area contributed by atoms with Crippen LogP contribution in [0, 0.1) is 0 Å². The van der Waals surface area contributed by atoms with Crippen LogP contribution in [0.2, 0.25) is 0 Å². The molecule has 0 saturated carbocycles. The number of amides is 1. The first-order valence-corrected chi connectivity index (χ1v) is 7.75. The third-order valence-corrected chi connectivity index (χ3v) is 4.89. The first-order chi connectivity index (χ1) is 9.62. The number of rotatable bonds is 2. The Balaban J connectivity index is 1.81. The first-order valence-electron chi connectivity index (χ1n) is 7.75. The van der Waals surface area contributed by atoms with Crippen LogP contribution in [0.5, 0.6) is 0 Å². The van der Waals surface area contributed by atoms with Gasteiger partial charge in [-0.25, -0.2) is 0 Å². The van der Waals surface area contributed by atoms with Crippen molar-refractivity contribution in [3.05, 3.63) is 35.4 Å². The van der Waals surface area contributed by atoms with Gasteiger partial charge in [0.25, 0.3) is 5.91 Å². The SMILES string of the molecule is CC(C)c1ccc(C(=O)N2CCCC23CCNC3)cc1. The Hall–Kier alpha value is -1.35. The van der Waals surface area contributed by atoms with E-state index in [4.69, 9.17) is 0 Å². The maximum Gasteiger partial charge on any atom is 0.254 e. The topological polar surface area (TPSA) is 32.3 Å². The lowest BCUT2D eigenvalue weighted by Gasteiger charge is -2.34. The predicted molar refractivity (Wildman–Crippen MR) is 81.0 cm³/mol. The first kappa shape index (κ1) is 13.6. The van der Waals surface area contributed by atoms with E-state index in [-0.39, 0.29) is 11.4 Å². The molecule has 2 heterocycles. The smallest absolute Gasteiger partial charge is 0.254 e. The third kappa shape index (κ3) is 2.24. The van der Waals surface area contributed by atoms with Crippen LogP contribution in [0.4, 0.5) is 0 Å². The van der Waals surface area contributed by atoms with Crippen molar-refractivity contribution < 1.29 is 4.79 Å². The van der Waals surface area contributed by atoms with Crippen LogP contribution in [0.3, 0.4) is 0 Å². The van der Waals surface area contributed by atoms with Gasteiger partial charge in [-0.05, 0) is 49.4 Å². The molecule has 0 radical (unpaired) electrons. The molecule has 2 aliphatic rings. The van der Waals surface area contributed by atoms with E-state index in [1.165, 1.54) is 5.56 Å². The summed E-state index contributed by atoms with van der Waals surface area (Å²) in [6.07, 6.45) is 3.39. The number of nitrogens with one attached hydrogen (secondary N) is 1. The molecule has 1 unspecified atom stereocenters. The summed E-state index contributed by atoms with van der Waals surface area (Å²) in [4.78, 5) is 14.9. The number of carbonyl (C=O) groups is 1. The van der Waals surface area contributed by atoms with Crippen molar-refractivity contribution in [2.24, 2.45) is 0 Å². The fourth-order valence-corrected chi connectivity index (χ4v) is 3.60. The van der Waals surface area contributed by atoms with Crippen LogP contribution in [0.15, 0.2) is 24.3 Å². The summed E-state index contributed by atoms with van der Waals surface area (Å²) in [7, 11) is 0. The van der Waals surface area contributed by atoms with Gasteiger partial charge in [0.2, 0.25) is 0 Å². The standard InChI is InChI=1S/C17H24N2O/c1-13(2)14-4-6-15(7-5-14)16(20)19-11-3-8-17(19)9-10-18-12-17/h4-7,13,18H,3,8-12H2,1-2H3. The summed E-state index contributed by atoms with van der Waals surface area (Å²) in [6.45, 7) is 7.26.